The number of hydrogen-bond donors (Lipinski definition) is 1. The third-order valence-corrected chi connectivity index (χ3v) is 8.90. The summed E-state index contributed by atoms with van der Waals surface area (Å²) < 4.78 is 5.51. The summed E-state index contributed by atoms with van der Waals surface area (Å²) in [5.74, 6) is 1.03. The van der Waals surface area contributed by atoms with Crippen LogP contribution >= 0.6 is 0 Å². The topological polar surface area (TPSA) is 46.5 Å². The summed E-state index contributed by atoms with van der Waals surface area (Å²) in [5, 5.41) is 11.0. The van der Waals surface area contributed by atoms with Crippen molar-refractivity contribution in [2.75, 3.05) is 6.61 Å². The van der Waals surface area contributed by atoms with E-state index in [1.165, 1.54) is 6.42 Å². The molecule has 0 heterocycles. The number of carbonyl (C=O) groups is 1. The van der Waals surface area contributed by atoms with Crippen molar-refractivity contribution in [1.29, 1.82) is 0 Å². The van der Waals surface area contributed by atoms with E-state index in [9.17, 15) is 9.90 Å². The molecule has 25 heavy (non-hydrogen) atoms. The van der Waals surface area contributed by atoms with E-state index in [-0.39, 0.29) is 22.2 Å². The van der Waals surface area contributed by atoms with Crippen LogP contribution in [0.3, 0.4) is 0 Å². The molecule has 4 rings (SSSR count). The minimum absolute atomic E-state index is 0.0185. The fourth-order valence-electron chi connectivity index (χ4n) is 7.89. The summed E-state index contributed by atoms with van der Waals surface area (Å²) in [7, 11) is 0. The molecule has 0 saturated heterocycles. The maximum absolute atomic E-state index is 12.9. The smallest absolute Gasteiger partial charge is 0.312 e. The summed E-state index contributed by atoms with van der Waals surface area (Å²) in [4.78, 5) is 12.9. The van der Waals surface area contributed by atoms with Crippen molar-refractivity contribution in [3.8, 4) is 0 Å². The zero-order chi connectivity index (χ0) is 18.1. The van der Waals surface area contributed by atoms with Gasteiger partial charge in [-0.1, -0.05) is 19.9 Å². The van der Waals surface area contributed by atoms with E-state index < -0.39 is 5.60 Å². The fourth-order valence-corrected chi connectivity index (χ4v) is 7.89. The van der Waals surface area contributed by atoms with E-state index in [1.54, 1.807) is 0 Å². The first-order valence-electron chi connectivity index (χ1n) is 10.3. The van der Waals surface area contributed by atoms with Crippen LogP contribution < -0.4 is 0 Å². The second kappa shape index (κ2) is 5.34. The van der Waals surface area contributed by atoms with E-state index in [0.717, 1.165) is 56.9 Å². The Kier molecular flexibility index (Phi) is 3.76. The first-order valence-corrected chi connectivity index (χ1v) is 10.3. The first kappa shape index (κ1) is 17.6. The number of fused-ring (bicyclic) bond motifs is 3. The Hall–Kier alpha value is -0.830. The molecule has 1 N–H and O–H groups in total. The highest BCUT2D eigenvalue weighted by Gasteiger charge is 2.67. The van der Waals surface area contributed by atoms with Crippen molar-refractivity contribution in [3.63, 3.8) is 0 Å². The van der Waals surface area contributed by atoms with E-state index in [1.807, 2.05) is 6.92 Å². The van der Waals surface area contributed by atoms with Crippen LogP contribution in [0.5, 0.6) is 0 Å². The van der Waals surface area contributed by atoms with Gasteiger partial charge in [-0.3, -0.25) is 4.79 Å². The molecule has 3 heteroatoms. The predicted octanol–water partition coefficient (Wildman–Crippen LogP) is 4.63. The quantitative estimate of drug-likeness (QED) is 0.585. The lowest BCUT2D eigenvalue weighted by Gasteiger charge is -2.63. The first-order chi connectivity index (χ1) is 11.7. The van der Waals surface area contributed by atoms with Gasteiger partial charge in [0.25, 0.3) is 0 Å². The number of esters is 1. The minimum Gasteiger partial charge on any atom is -0.466 e. The molecule has 2 bridgehead atoms. The van der Waals surface area contributed by atoms with Crippen LogP contribution in [-0.2, 0) is 9.53 Å². The summed E-state index contributed by atoms with van der Waals surface area (Å²) in [5.41, 5.74) is 0.528. The van der Waals surface area contributed by atoms with E-state index in [0.29, 0.717) is 18.4 Å². The molecular formula is C22H34O3. The fraction of sp³-hybridized carbons (Fsp3) is 0.864. The van der Waals surface area contributed by atoms with Crippen LogP contribution in [0.1, 0.15) is 78.6 Å². The Labute approximate surface area is 152 Å². The maximum atomic E-state index is 12.9. The zero-order valence-corrected chi connectivity index (χ0v) is 16.2. The van der Waals surface area contributed by atoms with Gasteiger partial charge in [-0.05, 0) is 93.5 Å². The molecule has 0 radical (unpaired) electrons. The minimum atomic E-state index is -0.612. The molecule has 4 saturated carbocycles. The Morgan fingerprint density at radius 2 is 1.92 bits per heavy atom. The lowest BCUT2D eigenvalue weighted by molar-refractivity contribution is -0.190. The highest BCUT2D eigenvalue weighted by molar-refractivity contribution is 5.77. The average Bonchev–Trinajstić information content (AvgIpc) is 2.72. The van der Waals surface area contributed by atoms with Gasteiger partial charge in [-0.15, -0.1) is 0 Å². The third kappa shape index (κ3) is 2.17. The summed E-state index contributed by atoms with van der Waals surface area (Å²) >= 11 is 0. The van der Waals surface area contributed by atoms with Crippen molar-refractivity contribution in [1.82, 2.24) is 0 Å². The van der Waals surface area contributed by atoms with Crippen molar-refractivity contribution in [2.24, 2.45) is 28.1 Å². The molecule has 4 fully saturated rings. The second-order valence-electron chi connectivity index (χ2n) is 10.0. The van der Waals surface area contributed by atoms with Gasteiger partial charge in [0.2, 0.25) is 0 Å². The monoisotopic (exact) mass is 346 g/mol. The lowest BCUT2D eigenvalue weighted by atomic mass is 9.41. The van der Waals surface area contributed by atoms with Gasteiger partial charge in [0.15, 0.2) is 0 Å². The molecular weight excluding hydrogens is 312 g/mol. The Morgan fingerprint density at radius 3 is 2.64 bits per heavy atom. The van der Waals surface area contributed by atoms with Gasteiger partial charge in [0, 0.05) is 0 Å². The molecule has 0 amide bonds. The van der Waals surface area contributed by atoms with Crippen molar-refractivity contribution in [2.45, 2.75) is 84.2 Å². The van der Waals surface area contributed by atoms with Gasteiger partial charge in [0.05, 0.1) is 17.6 Å². The van der Waals surface area contributed by atoms with Gasteiger partial charge < -0.3 is 9.84 Å². The number of rotatable bonds is 2. The summed E-state index contributed by atoms with van der Waals surface area (Å²) in [6.45, 7) is 11.2. The normalized spacial score (nSPS) is 51.6. The Morgan fingerprint density at radius 1 is 1.20 bits per heavy atom. The molecule has 140 valence electrons. The van der Waals surface area contributed by atoms with Crippen LogP contribution in [-0.4, -0.2) is 23.3 Å². The average molecular weight is 347 g/mol. The van der Waals surface area contributed by atoms with Gasteiger partial charge in [-0.25, -0.2) is 0 Å². The molecule has 0 unspecified atom stereocenters. The number of hydrogen-bond acceptors (Lipinski definition) is 3. The molecule has 6 atom stereocenters. The second-order valence-corrected chi connectivity index (χ2v) is 10.0. The number of ether oxygens (including phenoxy) is 1. The number of aliphatic hydroxyl groups is 1. The predicted molar refractivity (Wildman–Crippen MR) is 97.9 cm³/mol. The molecule has 1 spiro atoms. The third-order valence-electron chi connectivity index (χ3n) is 8.90. The summed E-state index contributed by atoms with van der Waals surface area (Å²) in [6, 6.07) is 0. The van der Waals surface area contributed by atoms with Gasteiger partial charge in [-0.2, -0.15) is 0 Å². The molecule has 0 aromatic rings. The van der Waals surface area contributed by atoms with Crippen LogP contribution in [0, 0.1) is 28.1 Å². The standard InChI is InChI=1S/C22H34O3/c1-5-25-18(23)20(4)10-6-9-19(3)16(20)7-11-21-13-15(2)22(24,14-21)12-8-17(19)21/h16-17,24H,2,5-14H2,1,3-4H3/t16-,17-,19+,20+,21+,22-/m0/s1. The van der Waals surface area contributed by atoms with Crippen LogP contribution in [0.15, 0.2) is 12.2 Å². The summed E-state index contributed by atoms with van der Waals surface area (Å²) in [6.07, 6.45) is 9.35. The molecule has 0 aromatic carbocycles. The van der Waals surface area contributed by atoms with Gasteiger partial charge >= 0.3 is 5.97 Å². The highest BCUT2D eigenvalue weighted by Crippen LogP contribution is 2.72. The SMILES string of the molecule is C=C1C[C@@]23CC[C@H]4[C@@](C)(CCC[C@@]4(C)C(=O)OCC)[C@@H]2CC[C@]1(O)C3. The van der Waals surface area contributed by atoms with E-state index in [2.05, 4.69) is 20.4 Å². The Balaban J connectivity index is 1.71. The van der Waals surface area contributed by atoms with Crippen LogP contribution in [0.4, 0.5) is 0 Å². The van der Waals surface area contributed by atoms with E-state index in [4.69, 9.17) is 4.74 Å². The highest BCUT2D eigenvalue weighted by atomic mass is 16.5. The molecule has 0 aliphatic heterocycles. The van der Waals surface area contributed by atoms with E-state index >= 15 is 0 Å². The molecule has 0 aromatic heterocycles. The van der Waals surface area contributed by atoms with Crippen LogP contribution in [0.25, 0.3) is 0 Å². The van der Waals surface area contributed by atoms with Crippen molar-refractivity contribution >= 4 is 5.97 Å². The largest absolute Gasteiger partial charge is 0.466 e. The molecule has 3 nitrogen and oxygen atoms in total. The molecule has 4 aliphatic rings. The van der Waals surface area contributed by atoms with Crippen LogP contribution in [0.2, 0.25) is 0 Å². The van der Waals surface area contributed by atoms with Gasteiger partial charge in [0.1, 0.15) is 0 Å². The zero-order valence-electron chi connectivity index (χ0n) is 16.2. The lowest BCUT2D eigenvalue weighted by Crippen LogP contribution is -2.59. The number of carbonyl (C=O) groups excluding carboxylic acids is 1. The maximum Gasteiger partial charge on any atom is 0.312 e. The Bertz CT molecular complexity index is 612. The van der Waals surface area contributed by atoms with Crippen molar-refractivity contribution < 1.29 is 14.6 Å². The van der Waals surface area contributed by atoms with Crippen molar-refractivity contribution in [3.05, 3.63) is 12.2 Å². The molecule has 4 aliphatic carbocycles.